The molecule has 0 aliphatic heterocycles. The van der Waals surface area contributed by atoms with Crippen LogP contribution >= 0.6 is 0 Å². The number of rotatable bonds is 8. The Morgan fingerprint density at radius 3 is 2.76 bits per heavy atom. The van der Waals surface area contributed by atoms with E-state index in [0.29, 0.717) is 12.1 Å². The minimum atomic E-state index is 0.667. The lowest BCUT2D eigenvalue weighted by molar-refractivity contribution is 0.483. The van der Waals surface area contributed by atoms with Gasteiger partial charge in [0, 0.05) is 32.0 Å². The fraction of sp³-hybridized carbons (Fsp3) is 0.263. The van der Waals surface area contributed by atoms with Gasteiger partial charge in [-0.3, -0.25) is 0 Å². The van der Waals surface area contributed by atoms with Crippen molar-refractivity contribution in [3.05, 3.63) is 72.2 Å². The van der Waals surface area contributed by atoms with Gasteiger partial charge in [0.15, 0.2) is 0 Å². The molecule has 0 atom stereocenters. The zero-order valence-corrected chi connectivity index (χ0v) is 14.2. The third-order valence-corrected chi connectivity index (χ3v) is 4.07. The van der Waals surface area contributed by atoms with Gasteiger partial charge >= 0.3 is 0 Å². The highest BCUT2D eigenvalue weighted by atomic mass is 16.3. The summed E-state index contributed by atoms with van der Waals surface area (Å²) in [7, 11) is 1.99. The van der Waals surface area contributed by atoms with Gasteiger partial charge in [0.05, 0.1) is 43.0 Å². The fourth-order valence-corrected chi connectivity index (χ4v) is 2.62. The molecule has 0 aliphatic carbocycles. The largest absolute Gasteiger partial charge is 0.468 e. The molecule has 3 aromatic rings. The van der Waals surface area contributed by atoms with Crippen LogP contribution < -0.4 is 10.2 Å². The Morgan fingerprint density at radius 1 is 1.28 bits per heavy atom. The summed E-state index contributed by atoms with van der Waals surface area (Å²) in [6.07, 6.45) is 5.37. The maximum atomic E-state index is 8.98. The highest BCUT2D eigenvalue weighted by molar-refractivity contribution is 5.49. The summed E-state index contributed by atoms with van der Waals surface area (Å²) in [6.45, 7) is 3.11. The van der Waals surface area contributed by atoms with Crippen molar-refractivity contribution < 1.29 is 4.42 Å². The summed E-state index contributed by atoms with van der Waals surface area (Å²) in [4.78, 5) is 6.46. The van der Waals surface area contributed by atoms with Crippen molar-refractivity contribution in [1.29, 1.82) is 5.26 Å². The van der Waals surface area contributed by atoms with Crippen molar-refractivity contribution in [2.45, 2.75) is 13.1 Å². The highest BCUT2D eigenvalue weighted by Gasteiger charge is 2.10. The molecule has 25 heavy (non-hydrogen) atoms. The molecule has 2 aromatic heterocycles. The van der Waals surface area contributed by atoms with Crippen molar-refractivity contribution >= 4 is 5.69 Å². The van der Waals surface area contributed by atoms with E-state index in [1.54, 1.807) is 12.6 Å². The van der Waals surface area contributed by atoms with Crippen LogP contribution in [-0.2, 0) is 20.1 Å². The Labute approximate surface area is 147 Å². The Bertz CT molecular complexity index is 814. The normalized spacial score (nSPS) is 10.6. The first-order chi connectivity index (χ1) is 12.3. The van der Waals surface area contributed by atoms with Gasteiger partial charge in [0.1, 0.15) is 5.76 Å². The molecule has 1 N–H and O–H groups in total. The van der Waals surface area contributed by atoms with E-state index in [1.165, 1.54) is 0 Å². The van der Waals surface area contributed by atoms with Gasteiger partial charge in [-0.15, -0.1) is 0 Å². The van der Waals surface area contributed by atoms with Crippen LogP contribution in [0.2, 0.25) is 0 Å². The first kappa shape index (κ1) is 16.8. The zero-order chi connectivity index (χ0) is 17.5. The average Bonchev–Trinajstić information content (AvgIpc) is 3.30. The van der Waals surface area contributed by atoms with Crippen LogP contribution in [-0.4, -0.2) is 22.6 Å². The lowest BCUT2D eigenvalue weighted by Crippen LogP contribution is -2.32. The summed E-state index contributed by atoms with van der Waals surface area (Å²) in [5, 5.41) is 12.4. The molecule has 2 heterocycles. The summed E-state index contributed by atoms with van der Waals surface area (Å²) in [5.74, 6) is 0.927. The van der Waals surface area contributed by atoms with Gasteiger partial charge in [0.25, 0.3) is 0 Å². The number of benzene rings is 1. The van der Waals surface area contributed by atoms with Crippen LogP contribution in [0.25, 0.3) is 0 Å². The number of nitrogens with zero attached hydrogens (tertiary/aromatic N) is 4. The quantitative estimate of drug-likeness (QED) is 0.641. The number of hydrogen-bond acceptors (Lipinski definition) is 5. The maximum Gasteiger partial charge on any atom is 0.117 e. The summed E-state index contributed by atoms with van der Waals surface area (Å²) >= 11 is 0. The third-order valence-electron chi connectivity index (χ3n) is 4.07. The second-order valence-corrected chi connectivity index (χ2v) is 5.83. The molecule has 0 fully saturated rings. The molecule has 0 saturated carbocycles. The smallest absolute Gasteiger partial charge is 0.117 e. The average molecular weight is 335 g/mol. The van der Waals surface area contributed by atoms with Gasteiger partial charge in [-0.1, -0.05) is 0 Å². The molecule has 128 valence electrons. The van der Waals surface area contributed by atoms with Crippen molar-refractivity contribution in [2.24, 2.45) is 7.05 Å². The number of aryl methyl sites for hydroxylation is 1. The fourth-order valence-electron chi connectivity index (χ4n) is 2.62. The van der Waals surface area contributed by atoms with E-state index in [2.05, 4.69) is 21.3 Å². The summed E-state index contributed by atoms with van der Waals surface area (Å²) < 4.78 is 7.35. The van der Waals surface area contributed by atoms with E-state index >= 15 is 0 Å². The number of imidazole rings is 1. The minimum Gasteiger partial charge on any atom is -0.468 e. The SMILES string of the molecule is Cn1cncc1CN(CCNCc1ccco1)c1ccc(C#N)cc1. The Balaban J connectivity index is 1.65. The third kappa shape index (κ3) is 4.49. The molecular weight excluding hydrogens is 314 g/mol. The van der Waals surface area contributed by atoms with Crippen LogP contribution in [0.5, 0.6) is 0 Å². The van der Waals surface area contributed by atoms with Gasteiger partial charge in [-0.05, 0) is 36.4 Å². The second kappa shape index (κ2) is 8.18. The summed E-state index contributed by atoms with van der Waals surface area (Å²) in [5.41, 5.74) is 2.88. The standard InChI is InChI=1S/C19H21N5O/c1-23-15-22-12-18(23)14-24(17-6-4-16(11-20)5-7-17)9-8-21-13-19-3-2-10-25-19/h2-7,10,12,15,21H,8-9,13-14H2,1H3. The molecule has 0 bridgehead atoms. The molecule has 3 rings (SSSR count). The second-order valence-electron chi connectivity index (χ2n) is 5.83. The van der Waals surface area contributed by atoms with Crippen molar-refractivity contribution in [2.75, 3.05) is 18.0 Å². The van der Waals surface area contributed by atoms with Crippen molar-refractivity contribution in [3.63, 3.8) is 0 Å². The van der Waals surface area contributed by atoms with Crippen LogP contribution in [0.1, 0.15) is 17.0 Å². The predicted octanol–water partition coefficient (Wildman–Crippen LogP) is 2.68. The van der Waals surface area contributed by atoms with Crippen LogP contribution in [0, 0.1) is 11.3 Å². The van der Waals surface area contributed by atoms with Gasteiger partial charge < -0.3 is 19.2 Å². The van der Waals surface area contributed by atoms with E-state index < -0.39 is 0 Å². The van der Waals surface area contributed by atoms with E-state index in [4.69, 9.17) is 9.68 Å². The van der Waals surface area contributed by atoms with Gasteiger partial charge in [0.2, 0.25) is 0 Å². The predicted molar refractivity (Wildman–Crippen MR) is 95.8 cm³/mol. The first-order valence-corrected chi connectivity index (χ1v) is 8.19. The van der Waals surface area contributed by atoms with Crippen molar-refractivity contribution in [1.82, 2.24) is 14.9 Å². The van der Waals surface area contributed by atoms with Crippen LogP contribution in [0.15, 0.2) is 59.6 Å². The molecule has 0 unspecified atom stereocenters. The lowest BCUT2D eigenvalue weighted by atomic mass is 10.2. The molecule has 0 saturated heterocycles. The molecule has 1 aromatic carbocycles. The highest BCUT2D eigenvalue weighted by Crippen LogP contribution is 2.17. The zero-order valence-electron chi connectivity index (χ0n) is 14.2. The molecule has 6 nitrogen and oxygen atoms in total. The minimum absolute atomic E-state index is 0.667. The van der Waals surface area contributed by atoms with E-state index in [9.17, 15) is 0 Å². The van der Waals surface area contributed by atoms with E-state index in [1.807, 2.05) is 54.2 Å². The van der Waals surface area contributed by atoms with E-state index in [-0.39, 0.29) is 0 Å². The molecule has 0 amide bonds. The summed E-state index contributed by atoms with van der Waals surface area (Å²) in [6, 6.07) is 13.7. The molecule has 6 heteroatoms. The number of nitrogens with one attached hydrogen (secondary N) is 1. The molecule has 0 spiro atoms. The number of aromatic nitrogens is 2. The van der Waals surface area contributed by atoms with Crippen LogP contribution in [0.4, 0.5) is 5.69 Å². The van der Waals surface area contributed by atoms with Crippen molar-refractivity contribution in [3.8, 4) is 6.07 Å². The number of furan rings is 1. The Morgan fingerprint density at radius 2 is 2.12 bits per heavy atom. The number of nitriles is 1. The number of anilines is 1. The Hall–Kier alpha value is -3.04. The lowest BCUT2D eigenvalue weighted by Gasteiger charge is -2.25. The maximum absolute atomic E-state index is 8.98. The van der Waals surface area contributed by atoms with E-state index in [0.717, 1.165) is 36.8 Å². The van der Waals surface area contributed by atoms with Gasteiger partial charge in [-0.25, -0.2) is 4.98 Å². The number of hydrogen-bond donors (Lipinski definition) is 1. The first-order valence-electron chi connectivity index (χ1n) is 8.19. The molecular formula is C19H21N5O. The van der Waals surface area contributed by atoms with Gasteiger partial charge in [-0.2, -0.15) is 5.26 Å². The monoisotopic (exact) mass is 335 g/mol. The van der Waals surface area contributed by atoms with Crippen LogP contribution in [0.3, 0.4) is 0 Å². The topological polar surface area (TPSA) is 70.0 Å². The molecule has 0 radical (unpaired) electrons. The molecule has 0 aliphatic rings. The Kier molecular flexibility index (Phi) is 5.50.